The van der Waals surface area contributed by atoms with Gasteiger partial charge in [-0.1, -0.05) is 20.8 Å². The van der Waals surface area contributed by atoms with Crippen molar-refractivity contribution in [3.05, 3.63) is 0 Å². The van der Waals surface area contributed by atoms with E-state index in [4.69, 9.17) is 0 Å². The molecule has 1 aliphatic rings. The lowest BCUT2D eigenvalue weighted by molar-refractivity contribution is -0.127. The van der Waals surface area contributed by atoms with E-state index in [0.717, 1.165) is 32.1 Å². The van der Waals surface area contributed by atoms with Crippen LogP contribution in [-0.2, 0) is 19.2 Å². The van der Waals surface area contributed by atoms with Gasteiger partial charge in [0.05, 0.1) is 0 Å². The van der Waals surface area contributed by atoms with E-state index < -0.39 is 0 Å². The molecular formula is C22H45N3O4. The van der Waals surface area contributed by atoms with Crippen molar-refractivity contribution in [3.8, 4) is 0 Å². The Morgan fingerprint density at radius 1 is 0.828 bits per heavy atom. The van der Waals surface area contributed by atoms with Crippen LogP contribution in [0.2, 0.25) is 0 Å². The molecular weight excluding hydrogens is 370 g/mol. The van der Waals surface area contributed by atoms with Gasteiger partial charge in [0, 0.05) is 54.5 Å². The molecule has 3 amide bonds. The van der Waals surface area contributed by atoms with Crippen molar-refractivity contribution in [3.63, 3.8) is 0 Å². The minimum atomic E-state index is -0.0838. The zero-order valence-electron chi connectivity index (χ0n) is 18.4. The van der Waals surface area contributed by atoms with Crippen LogP contribution >= 0.6 is 0 Å². The molecule has 7 nitrogen and oxygen atoms in total. The molecule has 0 bridgehead atoms. The molecule has 0 aliphatic heterocycles. The third-order valence-corrected chi connectivity index (χ3v) is 5.35. The lowest BCUT2D eigenvalue weighted by Gasteiger charge is -2.29. The summed E-state index contributed by atoms with van der Waals surface area (Å²) in [5.74, 6) is 0.464. The maximum absolute atomic E-state index is 12.1. The maximum atomic E-state index is 12.1. The van der Waals surface area contributed by atoms with E-state index in [1.807, 2.05) is 20.8 Å². The van der Waals surface area contributed by atoms with Crippen molar-refractivity contribution < 1.29 is 23.5 Å². The second-order valence-electron chi connectivity index (χ2n) is 8.33. The van der Waals surface area contributed by atoms with E-state index in [9.17, 15) is 19.2 Å². The van der Waals surface area contributed by atoms with Crippen LogP contribution in [0.3, 0.4) is 0 Å². The van der Waals surface area contributed by atoms with E-state index in [1.54, 1.807) is 0 Å². The van der Waals surface area contributed by atoms with Crippen molar-refractivity contribution in [1.29, 1.82) is 0 Å². The van der Waals surface area contributed by atoms with Gasteiger partial charge < -0.3 is 16.0 Å². The predicted octanol–water partition coefficient (Wildman–Crippen LogP) is 3.22. The summed E-state index contributed by atoms with van der Waals surface area (Å²) < 4.78 is 0. The number of hydrogen-bond acceptors (Lipinski definition) is 4. The molecule has 0 saturated heterocycles. The van der Waals surface area contributed by atoms with Crippen molar-refractivity contribution in [2.24, 2.45) is 11.8 Å². The minimum Gasteiger partial charge on any atom is -0.356 e. The van der Waals surface area contributed by atoms with Gasteiger partial charge in [0.1, 0.15) is 5.78 Å². The lowest BCUT2D eigenvalue weighted by Crippen LogP contribution is -2.39. The van der Waals surface area contributed by atoms with Gasteiger partial charge in [-0.25, -0.2) is 0 Å². The quantitative estimate of drug-likeness (QED) is 0.402. The zero-order chi connectivity index (χ0) is 21.6. The molecule has 0 unspecified atom stereocenters. The summed E-state index contributed by atoms with van der Waals surface area (Å²) in [6.07, 6.45) is 6.48. The fourth-order valence-corrected chi connectivity index (χ4v) is 3.62. The van der Waals surface area contributed by atoms with Crippen LogP contribution in [0.1, 0.15) is 89.3 Å². The van der Waals surface area contributed by atoms with Crippen molar-refractivity contribution in [2.45, 2.75) is 91.0 Å². The summed E-state index contributed by atoms with van der Waals surface area (Å²) in [6.45, 7) is 7.04. The molecule has 172 valence electrons. The highest BCUT2D eigenvalue weighted by atomic mass is 16.2. The molecule has 7 heteroatoms. The van der Waals surface area contributed by atoms with Gasteiger partial charge in [0.25, 0.3) is 0 Å². The van der Waals surface area contributed by atoms with Gasteiger partial charge in [-0.3, -0.25) is 19.2 Å². The molecule has 0 spiro atoms. The smallest absolute Gasteiger partial charge is 0.220 e. The summed E-state index contributed by atoms with van der Waals surface area (Å²) in [5.41, 5.74) is 0. The second-order valence-corrected chi connectivity index (χ2v) is 8.33. The minimum absolute atomic E-state index is 0. The molecule has 3 N–H and O–H groups in total. The van der Waals surface area contributed by atoms with Crippen LogP contribution in [0, 0.1) is 11.8 Å². The highest BCUT2D eigenvalue weighted by Crippen LogP contribution is 2.27. The van der Waals surface area contributed by atoms with Gasteiger partial charge in [-0.15, -0.1) is 0 Å². The van der Waals surface area contributed by atoms with Gasteiger partial charge in [0.15, 0.2) is 0 Å². The second kappa shape index (κ2) is 14.1. The Morgan fingerprint density at radius 3 is 1.97 bits per heavy atom. The Hall–Kier alpha value is -1.92. The van der Waals surface area contributed by atoms with Crippen molar-refractivity contribution in [1.82, 2.24) is 16.0 Å². The summed E-state index contributed by atoms with van der Waals surface area (Å²) in [6, 6.07) is 0.145. The number of amides is 3. The number of rotatable bonds is 13. The SMILES string of the molecule is CCCNC(=O)CCCNC(=O)CCCC(=O)NC1CCC(C(=O)C(C)C)CC1.[HH].[HH].[HH]. The summed E-state index contributed by atoms with van der Waals surface area (Å²) in [5, 5.41) is 8.63. The van der Waals surface area contributed by atoms with Crippen LogP contribution in [0.4, 0.5) is 0 Å². The highest BCUT2D eigenvalue weighted by Gasteiger charge is 2.28. The molecule has 1 aliphatic carbocycles. The largest absolute Gasteiger partial charge is 0.356 e. The molecule has 0 atom stereocenters. The first-order valence-electron chi connectivity index (χ1n) is 11.2. The fourth-order valence-electron chi connectivity index (χ4n) is 3.62. The number of carbonyl (C=O) groups is 4. The molecule has 0 radical (unpaired) electrons. The monoisotopic (exact) mass is 415 g/mol. The third-order valence-electron chi connectivity index (χ3n) is 5.35. The molecule has 0 heterocycles. The molecule has 0 aromatic carbocycles. The molecule has 0 aromatic heterocycles. The Kier molecular flexibility index (Phi) is 12.2. The van der Waals surface area contributed by atoms with Gasteiger partial charge >= 0.3 is 0 Å². The Labute approximate surface area is 179 Å². The van der Waals surface area contributed by atoms with E-state index in [0.29, 0.717) is 51.0 Å². The van der Waals surface area contributed by atoms with Crippen LogP contribution < -0.4 is 16.0 Å². The lowest BCUT2D eigenvalue weighted by atomic mass is 9.80. The maximum Gasteiger partial charge on any atom is 0.220 e. The van der Waals surface area contributed by atoms with Crippen molar-refractivity contribution in [2.75, 3.05) is 13.1 Å². The number of ketones is 1. The van der Waals surface area contributed by atoms with Crippen LogP contribution in [0.5, 0.6) is 0 Å². The zero-order valence-corrected chi connectivity index (χ0v) is 18.4. The first-order chi connectivity index (χ1) is 13.8. The number of hydrogen-bond donors (Lipinski definition) is 3. The van der Waals surface area contributed by atoms with Crippen LogP contribution in [0.25, 0.3) is 0 Å². The average molecular weight is 416 g/mol. The molecule has 1 fully saturated rings. The Morgan fingerprint density at radius 2 is 1.38 bits per heavy atom. The topological polar surface area (TPSA) is 104 Å². The summed E-state index contributed by atoms with van der Waals surface area (Å²) in [7, 11) is 0. The number of Topliss-reactive ketones (excluding diaryl/α,β-unsaturated/α-hetero) is 1. The first kappa shape index (κ1) is 25.1. The molecule has 1 rings (SSSR count). The van der Waals surface area contributed by atoms with Crippen molar-refractivity contribution >= 4 is 23.5 Å². The van der Waals surface area contributed by atoms with Crippen LogP contribution in [0.15, 0.2) is 0 Å². The standard InChI is InChI=1S/C22H39N3O4.3H2/c1-4-14-23-20(27)9-6-15-24-19(26)7-5-8-21(28)25-18-12-10-17(11-13-18)22(29)16(2)3;;;/h16-18H,4-15H2,1-3H3,(H,23,27)(H,24,26)(H,25,28);3*1H. The summed E-state index contributed by atoms with van der Waals surface area (Å²) in [4.78, 5) is 47.4. The first-order valence-corrected chi connectivity index (χ1v) is 11.2. The normalized spacial score (nSPS) is 18.9. The fraction of sp³-hybridized carbons (Fsp3) is 0.818. The molecule has 0 aromatic rings. The van der Waals surface area contributed by atoms with E-state index in [-0.39, 0.29) is 39.9 Å². The molecule has 29 heavy (non-hydrogen) atoms. The van der Waals surface area contributed by atoms with Gasteiger partial charge in [-0.2, -0.15) is 0 Å². The summed E-state index contributed by atoms with van der Waals surface area (Å²) >= 11 is 0. The average Bonchev–Trinajstić information content (AvgIpc) is 2.69. The number of carbonyl (C=O) groups excluding carboxylic acids is 4. The van der Waals surface area contributed by atoms with E-state index in [2.05, 4.69) is 16.0 Å². The Bertz CT molecular complexity index is 555. The van der Waals surface area contributed by atoms with Gasteiger partial charge in [-0.05, 0) is 44.9 Å². The Balaban J connectivity index is -0.00000280. The highest BCUT2D eigenvalue weighted by molar-refractivity contribution is 5.83. The third kappa shape index (κ3) is 11.0. The van der Waals surface area contributed by atoms with E-state index >= 15 is 0 Å². The van der Waals surface area contributed by atoms with Crippen LogP contribution in [-0.4, -0.2) is 42.6 Å². The number of nitrogens with one attached hydrogen (secondary N) is 3. The van der Waals surface area contributed by atoms with E-state index in [1.165, 1.54) is 0 Å². The predicted molar refractivity (Wildman–Crippen MR) is 119 cm³/mol. The molecule has 1 saturated carbocycles. The van der Waals surface area contributed by atoms with Gasteiger partial charge in [0.2, 0.25) is 17.7 Å².